The topological polar surface area (TPSA) is 140 Å². The van der Waals surface area contributed by atoms with Crippen LogP contribution in [-0.4, -0.2) is 44.8 Å². The molecule has 0 unspecified atom stereocenters. The number of carbonyl (C=O) groups excluding carboxylic acids is 2. The van der Waals surface area contributed by atoms with Crippen LogP contribution < -0.4 is 16.3 Å². The van der Waals surface area contributed by atoms with Crippen LogP contribution in [0.2, 0.25) is 0 Å². The minimum absolute atomic E-state index is 0.0425. The molecule has 1 amide bonds. The predicted molar refractivity (Wildman–Crippen MR) is 136 cm³/mol. The number of ether oxygens (including phenoxy) is 1. The van der Waals surface area contributed by atoms with E-state index in [9.17, 15) is 19.5 Å². The number of amides is 1. The Morgan fingerprint density at radius 2 is 1.83 bits per heavy atom. The number of aromatic hydroxyl groups is 1. The van der Waals surface area contributed by atoms with Crippen molar-refractivity contribution in [1.29, 1.82) is 0 Å². The van der Waals surface area contributed by atoms with Crippen LogP contribution in [0.3, 0.4) is 0 Å². The van der Waals surface area contributed by atoms with E-state index in [4.69, 9.17) is 12.2 Å². The summed E-state index contributed by atoms with van der Waals surface area (Å²) in [5.74, 6) is -0.775. The third-order valence-electron chi connectivity index (χ3n) is 6.17. The van der Waals surface area contributed by atoms with Crippen molar-refractivity contribution in [3.05, 3.63) is 53.7 Å². The van der Waals surface area contributed by atoms with Gasteiger partial charge in [0.1, 0.15) is 5.56 Å². The fourth-order valence-corrected chi connectivity index (χ4v) is 4.36. The molecule has 35 heavy (non-hydrogen) atoms. The number of hydrogen-bond acceptors (Lipinski definition) is 6. The number of H-pyrrole nitrogens is 3. The molecule has 0 spiro atoms. The van der Waals surface area contributed by atoms with Crippen molar-refractivity contribution in [3.63, 3.8) is 0 Å². The zero-order chi connectivity index (χ0) is 25.7. The van der Waals surface area contributed by atoms with E-state index >= 15 is 0 Å². The average Bonchev–Trinajstić information content (AvgIpc) is 3.25. The molecule has 3 rings (SSSR count). The normalized spacial score (nSPS) is 14.7. The summed E-state index contributed by atoms with van der Waals surface area (Å²) in [6.45, 7) is 5.74. The lowest BCUT2D eigenvalue weighted by Gasteiger charge is -2.05. The maximum Gasteiger partial charge on any atom is 0.305 e. The SMILES string of the molecule is CCc1c(C)/c(=C/C2=NC(=O)C(C)=C2CCCCCC(=O)OC)[nH]/c1=C\c1c(O)[nH]c(=S)[nH]c1=O. The maximum atomic E-state index is 12.3. The van der Waals surface area contributed by atoms with E-state index in [0.717, 1.165) is 41.3 Å². The fraction of sp³-hybridized carbons (Fsp3) is 0.400. The standard InChI is InChI=1S/C25H30N4O5S/c1-5-15-13(2)18(26-19(15)11-17-23(32)28-25(35)29-24(17)33)12-20-16(14(3)22(31)27-20)9-7-6-8-10-21(30)34-4/h11-12,26H,5-10H2,1-4H3,(H3,28,29,32,33,35)/b18-12-,19-11-. The Labute approximate surface area is 207 Å². The highest BCUT2D eigenvalue weighted by atomic mass is 32.1. The first-order valence-corrected chi connectivity index (χ1v) is 11.9. The molecule has 0 atom stereocenters. The van der Waals surface area contributed by atoms with Gasteiger partial charge in [0.05, 0.1) is 12.8 Å². The molecule has 0 radical (unpaired) electrons. The molecule has 10 heteroatoms. The Kier molecular flexibility index (Phi) is 8.39. The van der Waals surface area contributed by atoms with Crippen molar-refractivity contribution in [2.24, 2.45) is 4.99 Å². The van der Waals surface area contributed by atoms with Crippen molar-refractivity contribution in [3.8, 4) is 5.88 Å². The summed E-state index contributed by atoms with van der Waals surface area (Å²) >= 11 is 4.89. The fourth-order valence-electron chi connectivity index (χ4n) is 4.17. The van der Waals surface area contributed by atoms with Crippen LogP contribution in [0.5, 0.6) is 5.88 Å². The van der Waals surface area contributed by atoms with Crippen LogP contribution in [0.4, 0.5) is 0 Å². The molecule has 1 aliphatic rings. The van der Waals surface area contributed by atoms with Gasteiger partial charge in [0, 0.05) is 22.7 Å². The third kappa shape index (κ3) is 5.94. The molecule has 0 aliphatic carbocycles. The van der Waals surface area contributed by atoms with E-state index < -0.39 is 5.56 Å². The van der Waals surface area contributed by atoms with E-state index in [1.54, 1.807) is 13.0 Å². The number of nitrogens with one attached hydrogen (secondary N) is 3. The number of rotatable bonds is 9. The number of aliphatic imine (C=N–C) groups is 1. The quantitative estimate of drug-likeness (QED) is 0.238. The second kappa shape index (κ2) is 11.3. The molecule has 2 aromatic heterocycles. The van der Waals surface area contributed by atoms with Crippen molar-refractivity contribution in [2.75, 3.05) is 7.11 Å². The van der Waals surface area contributed by atoms with Crippen LogP contribution in [0.15, 0.2) is 20.9 Å². The van der Waals surface area contributed by atoms with Gasteiger partial charge >= 0.3 is 5.97 Å². The first kappa shape index (κ1) is 26.1. The number of nitrogens with zero attached hydrogens (tertiary/aromatic N) is 1. The van der Waals surface area contributed by atoms with E-state index in [1.807, 2.05) is 19.9 Å². The molecule has 4 N–H and O–H groups in total. The van der Waals surface area contributed by atoms with Gasteiger partial charge in [-0.25, -0.2) is 4.99 Å². The summed E-state index contributed by atoms with van der Waals surface area (Å²) in [4.78, 5) is 48.5. The van der Waals surface area contributed by atoms with Crippen LogP contribution in [-0.2, 0) is 20.7 Å². The number of unbranched alkanes of at least 4 members (excludes halogenated alkanes) is 2. The lowest BCUT2D eigenvalue weighted by molar-refractivity contribution is -0.140. The van der Waals surface area contributed by atoms with Crippen molar-refractivity contribution >= 4 is 42.0 Å². The minimum Gasteiger partial charge on any atom is -0.494 e. The minimum atomic E-state index is -0.495. The molecule has 186 valence electrons. The molecule has 0 fully saturated rings. The van der Waals surface area contributed by atoms with Gasteiger partial charge in [-0.3, -0.25) is 19.4 Å². The summed E-state index contributed by atoms with van der Waals surface area (Å²) in [6, 6.07) is 0. The summed E-state index contributed by atoms with van der Waals surface area (Å²) in [5.41, 5.74) is 3.66. The Balaban J connectivity index is 1.94. The summed E-state index contributed by atoms with van der Waals surface area (Å²) in [5, 5.41) is 11.6. The van der Waals surface area contributed by atoms with Gasteiger partial charge in [-0.2, -0.15) is 0 Å². The van der Waals surface area contributed by atoms with Gasteiger partial charge < -0.3 is 19.8 Å². The monoisotopic (exact) mass is 498 g/mol. The second-order valence-electron chi connectivity index (χ2n) is 8.41. The van der Waals surface area contributed by atoms with E-state index in [1.165, 1.54) is 7.11 Å². The molecule has 1 aliphatic heterocycles. The number of esters is 1. The summed E-state index contributed by atoms with van der Waals surface area (Å²) in [6.07, 6.45) is 7.58. The summed E-state index contributed by atoms with van der Waals surface area (Å²) < 4.78 is 4.71. The molecule has 2 aromatic rings. The van der Waals surface area contributed by atoms with Gasteiger partial charge in [-0.15, -0.1) is 0 Å². The van der Waals surface area contributed by atoms with Crippen molar-refractivity contribution < 1.29 is 19.4 Å². The molecule has 3 heterocycles. The number of aromatic amines is 3. The Morgan fingerprint density at radius 1 is 1.09 bits per heavy atom. The highest BCUT2D eigenvalue weighted by Gasteiger charge is 2.22. The number of aromatic nitrogens is 3. The predicted octanol–water partition coefficient (Wildman–Crippen LogP) is 2.37. The number of allylic oxidation sites excluding steroid dienone is 1. The molecule has 0 saturated carbocycles. The van der Waals surface area contributed by atoms with Crippen LogP contribution >= 0.6 is 12.2 Å². The average molecular weight is 499 g/mol. The smallest absolute Gasteiger partial charge is 0.305 e. The van der Waals surface area contributed by atoms with Gasteiger partial charge in [0.15, 0.2) is 4.77 Å². The molecular weight excluding hydrogens is 468 g/mol. The lowest BCUT2D eigenvalue weighted by Crippen LogP contribution is -2.17. The van der Waals surface area contributed by atoms with Gasteiger partial charge in [-0.1, -0.05) is 13.3 Å². The molecule has 0 aromatic carbocycles. The molecule has 9 nitrogen and oxygen atoms in total. The van der Waals surface area contributed by atoms with Gasteiger partial charge in [0.2, 0.25) is 5.88 Å². The number of methoxy groups -OCH3 is 1. The first-order chi connectivity index (χ1) is 16.7. The largest absolute Gasteiger partial charge is 0.494 e. The summed E-state index contributed by atoms with van der Waals surface area (Å²) in [7, 11) is 1.38. The maximum absolute atomic E-state index is 12.3. The Bertz CT molecular complexity index is 1460. The van der Waals surface area contributed by atoms with E-state index in [-0.39, 0.29) is 28.1 Å². The lowest BCUT2D eigenvalue weighted by atomic mass is 9.98. The first-order valence-electron chi connectivity index (χ1n) is 11.5. The van der Waals surface area contributed by atoms with Crippen molar-refractivity contribution in [1.82, 2.24) is 15.0 Å². The molecular formula is C25H30N4O5S. The van der Waals surface area contributed by atoms with Crippen LogP contribution in [0.1, 0.15) is 62.6 Å². The van der Waals surface area contributed by atoms with Crippen LogP contribution in [0.25, 0.3) is 12.2 Å². The Morgan fingerprint density at radius 3 is 2.49 bits per heavy atom. The number of hydrogen-bond donors (Lipinski definition) is 4. The molecule has 0 bridgehead atoms. The highest BCUT2D eigenvalue weighted by Crippen LogP contribution is 2.23. The highest BCUT2D eigenvalue weighted by molar-refractivity contribution is 7.71. The number of carbonyl (C=O) groups is 2. The van der Waals surface area contributed by atoms with Crippen molar-refractivity contribution in [2.45, 2.75) is 59.3 Å². The molecule has 0 saturated heterocycles. The zero-order valence-corrected chi connectivity index (χ0v) is 21.1. The third-order valence-corrected chi connectivity index (χ3v) is 6.38. The van der Waals surface area contributed by atoms with Gasteiger partial charge in [0.25, 0.3) is 11.5 Å². The van der Waals surface area contributed by atoms with Crippen LogP contribution in [0, 0.1) is 11.7 Å². The second-order valence-corrected chi connectivity index (χ2v) is 8.82. The Hall–Kier alpha value is -3.53. The van der Waals surface area contributed by atoms with E-state index in [0.29, 0.717) is 35.9 Å². The van der Waals surface area contributed by atoms with Gasteiger partial charge in [-0.05, 0) is 80.6 Å². The van der Waals surface area contributed by atoms with E-state index in [2.05, 4.69) is 24.7 Å². The zero-order valence-electron chi connectivity index (χ0n) is 20.3.